The van der Waals surface area contributed by atoms with Gasteiger partial charge in [0.1, 0.15) is 17.6 Å². The highest BCUT2D eigenvalue weighted by atomic mass is 16.5. The number of aryl methyl sites for hydroxylation is 2. The lowest BCUT2D eigenvalue weighted by Crippen LogP contribution is -2.32. The van der Waals surface area contributed by atoms with Gasteiger partial charge in [-0.05, 0) is 37.1 Å². The van der Waals surface area contributed by atoms with Crippen molar-refractivity contribution in [3.63, 3.8) is 0 Å². The summed E-state index contributed by atoms with van der Waals surface area (Å²) in [4.78, 5) is 17.5. The number of methoxy groups -OCH3 is 1. The van der Waals surface area contributed by atoms with Gasteiger partial charge in [0, 0.05) is 30.6 Å². The summed E-state index contributed by atoms with van der Waals surface area (Å²) in [7, 11) is 3.54. The van der Waals surface area contributed by atoms with E-state index in [1.807, 2.05) is 74.1 Å². The van der Waals surface area contributed by atoms with Gasteiger partial charge >= 0.3 is 0 Å². The number of nitrogens with one attached hydrogen (secondary N) is 1. The molecule has 1 atom stereocenters. The van der Waals surface area contributed by atoms with Crippen molar-refractivity contribution in [1.82, 2.24) is 14.9 Å². The minimum absolute atomic E-state index is 0.134. The van der Waals surface area contributed by atoms with Crippen molar-refractivity contribution in [1.29, 1.82) is 0 Å². The molecule has 5 heteroatoms. The predicted molar refractivity (Wildman–Crippen MR) is 101 cm³/mol. The van der Waals surface area contributed by atoms with E-state index in [4.69, 9.17) is 4.74 Å². The summed E-state index contributed by atoms with van der Waals surface area (Å²) in [5.74, 6) is 1.32. The lowest BCUT2D eigenvalue weighted by Gasteiger charge is -2.22. The van der Waals surface area contributed by atoms with Crippen LogP contribution >= 0.6 is 0 Å². The minimum atomic E-state index is -0.418. The van der Waals surface area contributed by atoms with Crippen LogP contribution < -0.4 is 10.1 Å². The summed E-state index contributed by atoms with van der Waals surface area (Å²) in [6, 6.07) is 13.0. The molecule has 1 unspecified atom stereocenters. The van der Waals surface area contributed by atoms with E-state index in [9.17, 15) is 4.79 Å². The highest BCUT2D eigenvalue weighted by Gasteiger charge is 2.25. The summed E-state index contributed by atoms with van der Waals surface area (Å²) >= 11 is 0. The Morgan fingerprint density at radius 2 is 1.92 bits per heavy atom. The quantitative estimate of drug-likeness (QED) is 0.766. The SMILES string of the molecule is COc1ccccc1C(NC(=O)c1cccc(C)c1C)c1nccn1C. The van der Waals surface area contributed by atoms with Crippen LogP contribution in [0.5, 0.6) is 5.75 Å². The molecule has 1 amide bonds. The van der Waals surface area contributed by atoms with E-state index in [1.165, 1.54) is 0 Å². The zero-order chi connectivity index (χ0) is 18.7. The van der Waals surface area contributed by atoms with Crippen molar-refractivity contribution in [3.05, 3.63) is 82.9 Å². The Kier molecular flexibility index (Phi) is 5.07. The van der Waals surface area contributed by atoms with Crippen LogP contribution in [0.1, 0.15) is 38.9 Å². The molecular formula is C21H23N3O2. The van der Waals surface area contributed by atoms with Crippen molar-refractivity contribution in [2.24, 2.45) is 7.05 Å². The van der Waals surface area contributed by atoms with Gasteiger partial charge in [0.2, 0.25) is 0 Å². The first kappa shape index (κ1) is 17.7. The Morgan fingerprint density at radius 1 is 1.15 bits per heavy atom. The summed E-state index contributed by atoms with van der Waals surface area (Å²) in [5, 5.41) is 3.13. The predicted octanol–water partition coefficient (Wildman–Crippen LogP) is 3.56. The summed E-state index contributed by atoms with van der Waals surface area (Å²) < 4.78 is 7.41. The number of aromatic nitrogens is 2. The molecule has 134 valence electrons. The lowest BCUT2D eigenvalue weighted by molar-refractivity contribution is 0.0940. The maximum absolute atomic E-state index is 13.0. The molecular weight excluding hydrogens is 326 g/mol. The van der Waals surface area contributed by atoms with Gasteiger partial charge in [-0.2, -0.15) is 0 Å². The number of ether oxygens (including phenoxy) is 1. The number of imidazole rings is 1. The normalized spacial score (nSPS) is 11.8. The van der Waals surface area contributed by atoms with Crippen LogP contribution in [0.25, 0.3) is 0 Å². The standard InChI is InChI=1S/C21H23N3O2/c1-14-8-7-10-16(15(14)2)21(25)23-19(20-22-12-13-24(20)3)17-9-5-6-11-18(17)26-4/h5-13,19H,1-4H3,(H,23,25). The van der Waals surface area contributed by atoms with Gasteiger partial charge in [0.05, 0.1) is 7.11 Å². The lowest BCUT2D eigenvalue weighted by atomic mass is 10.0. The maximum Gasteiger partial charge on any atom is 0.252 e. The molecule has 0 saturated carbocycles. The number of nitrogens with zero attached hydrogens (tertiary/aromatic N) is 2. The zero-order valence-electron chi connectivity index (χ0n) is 15.5. The second kappa shape index (κ2) is 7.44. The first-order valence-corrected chi connectivity index (χ1v) is 8.50. The third kappa shape index (κ3) is 3.33. The molecule has 3 rings (SSSR count). The first-order valence-electron chi connectivity index (χ1n) is 8.50. The zero-order valence-corrected chi connectivity index (χ0v) is 15.5. The number of benzene rings is 2. The highest BCUT2D eigenvalue weighted by Crippen LogP contribution is 2.29. The summed E-state index contributed by atoms with van der Waals surface area (Å²) in [6.45, 7) is 3.96. The molecule has 1 aromatic heterocycles. The van der Waals surface area contributed by atoms with Crippen molar-refractivity contribution < 1.29 is 9.53 Å². The molecule has 0 saturated heterocycles. The van der Waals surface area contributed by atoms with Crippen LogP contribution in [-0.4, -0.2) is 22.6 Å². The molecule has 2 aromatic carbocycles. The molecule has 0 spiro atoms. The fourth-order valence-electron chi connectivity index (χ4n) is 3.05. The van der Waals surface area contributed by atoms with Crippen LogP contribution in [0.4, 0.5) is 0 Å². The van der Waals surface area contributed by atoms with Gasteiger partial charge in [-0.3, -0.25) is 4.79 Å². The van der Waals surface area contributed by atoms with E-state index in [0.29, 0.717) is 11.3 Å². The third-order valence-corrected chi connectivity index (χ3v) is 4.69. The highest BCUT2D eigenvalue weighted by molar-refractivity contribution is 5.96. The number of para-hydroxylation sites is 1. The Morgan fingerprint density at radius 3 is 2.62 bits per heavy atom. The topological polar surface area (TPSA) is 56.1 Å². The van der Waals surface area contributed by atoms with Crippen molar-refractivity contribution in [2.45, 2.75) is 19.9 Å². The number of hydrogen-bond acceptors (Lipinski definition) is 3. The van der Waals surface area contributed by atoms with Crippen LogP contribution in [0.3, 0.4) is 0 Å². The molecule has 0 fully saturated rings. The number of carbonyl (C=O) groups is 1. The molecule has 0 aliphatic carbocycles. The van der Waals surface area contributed by atoms with Crippen LogP contribution in [0, 0.1) is 13.8 Å². The molecule has 0 aliphatic rings. The number of amides is 1. The largest absolute Gasteiger partial charge is 0.496 e. The second-order valence-electron chi connectivity index (χ2n) is 6.29. The van der Waals surface area contributed by atoms with Crippen molar-refractivity contribution in [3.8, 4) is 5.75 Å². The van der Waals surface area contributed by atoms with E-state index in [-0.39, 0.29) is 5.91 Å². The molecule has 1 N–H and O–H groups in total. The van der Waals surface area contributed by atoms with Crippen molar-refractivity contribution in [2.75, 3.05) is 7.11 Å². The van der Waals surface area contributed by atoms with E-state index >= 15 is 0 Å². The smallest absolute Gasteiger partial charge is 0.252 e. The van der Waals surface area contributed by atoms with E-state index in [1.54, 1.807) is 13.3 Å². The molecule has 0 aliphatic heterocycles. The molecule has 0 radical (unpaired) electrons. The van der Waals surface area contributed by atoms with Crippen LogP contribution in [0.2, 0.25) is 0 Å². The molecule has 1 heterocycles. The average Bonchev–Trinajstić information content (AvgIpc) is 3.07. The van der Waals surface area contributed by atoms with Crippen molar-refractivity contribution >= 4 is 5.91 Å². The fraction of sp³-hybridized carbons (Fsp3) is 0.238. The van der Waals surface area contributed by atoms with Gasteiger partial charge in [0.15, 0.2) is 0 Å². The Bertz CT molecular complexity index is 931. The number of hydrogen-bond donors (Lipinski definition) is 1. The van der Waals surface area contributed by atoms with Gasteiger partial charge < -0.3 is 14.6 Å². The Labute approximate surface area is 153 Å². The molecule has 26 heavy (non-hydrogen) atoms. The van der Waals surface area contributed by atoms with E-state index in [2.05, 4.69) is 10.3 Å². The number of carbonyl (C=O) groups excluding carboxylic acids is 1. The van der Waals surface area contributed by atoms with Crippen LogP contribution in [0.15, 0.2) is 54.9 Å². The van der Waals surface area contributed by atoms with Gasteiger partial charge in [-0.1, -0.05) is 30.3 Å². The van der Waals surface area contributed by atoms with Gasteiger partial charge in [-0.15, -0.1) is 0 Å². The summed E-state index contributed by atoms with van der Waals surface area (Å²) in [6.07, 6.45) is 3.59. The fourth-order valence-corrected chi connectivity index (χ4v) is 3.05. The van der Waals surface area contributed by atoms with Gasteiger partial charge in [0.25, 0.3) is 5.91 Å². The molecule has 5 nitrogen and oxygen atoms in total. The third-order valence-electron chi connectivity index (χ3n) is 4.69. The minimum Gasteiger partial charge on any atom is -0.496 e. The average molecular weight is 349 g/mol. The first-order chi connectivity index (χ1) is 12.5. The monoisotopic (exact) mass is 349 g/mol. The second-order valence-corrected chi connectivity index (χ2v) is 6.29. The van der Waals surface area contributed by atoms with Crippen LogP contribution in [-0.2, 0) is 7.05 Å². The van der Waals surface area contributed by atoms with E-state index in [0.717, 1.165) is 22.5 Å². The van der Waals surface area contributed by atoms with Gasteiger partial charge in [-0.25, -0.2) is 4.98 Å². The Balaban J connectivity index is 2.03. The Hall–Kier alpha value is -3.08. The molecule has 3 aromatic rings. The number of rotatable bonds is 5. The summed E-state index contributed by atoms with van der Waals surface area (Å²) in [5.41, 5.74) is 3.59. The molecule has 0 bridgehead atoms. The van der Waals surface area contributed by atoms with E-state index < -0.39 is 6.04 Å². The maximum atomic E-state index is 13.0.